The van der Waals surface area contributed by atoms with Crippen LogP contribution in [-0.4, -0.2) is 16.3 Å². The minimum atomic E-state index is -0.475. The minimum absolute atomic E-state index is 0.00891. The first-order chi connectivity index (χ1) is 11.9. The summed E-state index contributed by atoms with van der Waals surface area (Å²) in [5, 5.41) is 20.1. The molecule has 2 amide bonds. The number of nitrogens with zero attached hydrogens (tertiary/aromatic N) is 2. The van der Waals surface area contributed by atoms with Crippen molar-refractivity contribution >= 4 is 40.4 Å². The van der Waals surface area contributed by atoms with E-state index in [2.05, 4.69) is 15.5 Å². The molecule has 0 atom stereocenters. The lowest BCUT2D eigenvalue weighted by Gasteiger charge is -2.02. The number of azo groups is 1. The average Bonchev–Trinajstić information content (AvgIpc) is 2.89. The van der Waals surface area contributed by atoms with Crippen LogP contribution in [0.3, 0.4) is 0 Å². The van der Waals surface area contributed by atoms with Gasteiger partial charge in [0.2, 0.25) is 0 Å². The largest absolute Gasteiger partial charge is 0.507 e. The van der Waals surface area contributed by atoms with Gasteiger partial charge in [0, 0.05) is 5.56 Å². The van der Waals surface area contributed by atoms with Gasteiger partial charge >= 0.3 is 0 Å². The molecule has 1 heterocycles. The van der Waals surface area contributed by atoms with Crippen LogP contribution in [0.2, 0.25) is 0 Å². The number of nitrogens with one attached hydrogen (secondary N) is 1. The van der Waals surface area contributed by atoms with E-state index in [9.17, 15) is 14.7 Å². The van der Waals surface area contributed by atoms with E-state index in [0.717, 1.165) is 23.0 Å². The molecule has 1 aliphatic heterocycles. The van der Waals surface area contributed by atoms with E-state index >= 15 is 0 Å². The third kappa shape index (κ3) is 3.95. The molecule has 6 nitrogen and oxygen atoms in total. The summed E-state index contributed by atoms with van der Waals surface area (Å²) in [7, 11) is 0. The number of imide groups is 1. The van der Waals surface area contributed by atoms with Gasteiger partial charge in [-0.15, -0.1) is 0 Å². The molecule has 25 heavy (non-hydrogen) atoms. The van der Waals surface area contributed by atoms with Gasteiger partial charge in [-0.25, -0.2) is 0 Å². The molecule has 2 N–H and O–H groups in total. The van der Waals surface area contributed by atoms with Crippen molar-refractivity contribution < 1.29 is 14.7 Å². The van der Waals surface area contributed by atoms with Crippen LogP contribution in [0.1, 0.15) is 16.7 Å². The summed E-state index contributed by atoms with van der Waals surface area (Å²) >= 11 is 0.793. The van der Waals surface area contributed by atoms with Crippen LogP contribution in [0, 0.1) is 13.8 Å². The van der Waals surface area contributed by atoms with Crippen LogP contribution >= 0.6 is 11.8 Å². The van der Waals surface area contributed by atoms with Gasteiger partial charge in [0.1, 0.15) is 5.75 Å². The Labute approximate surface area is 148 Å². The van der Waals surface area contributed by atoms with Crippen molar-refractivity contribution in [3.8, 4) is 5.75 Å². The molecule has 0 spiro atoms. The van der Waals surface area contributed by atoms with Gasteiger partial charge in [-0.1, -0.05) is 6.07 Å². The van der Waals surface area contributed by atoms with Crippen molar-refractivity contribution in [2.24, 2.45) is 10.2 Å². The summed E-state index contributed by atoms with van der Waals surface area (Å²) < 4.78 is 0. The van der Waals surface area contributed by atoms with E-state index in [4.69, 9.17) is 0 Å². The molecular formula is C18H15N3O3S. The zero-order valence-electron chi connectivity index (χ0n) is 13.6. The standard InChI is InChI=1S/C18H15N3O3S/c1-10-3-4-13(7-11(10)2)20-21-14-5-6-15(22)12(8-14)9-16-17(23)19-18(24)25-16/h3-9,22H,1-2H3,(H,19,23,24)/b16-9-,21-20?. The van der Waals surface area contributed by atoms with Gasteiger partial charge < -0.3 is 5.11 Å². The number of hydrogen-bond acceptors (Lipinski definition) is 6. The molecule has 0 unspecified atom stereocenters. The predicted molar refractivity (Wildman–Crippen MR) is 97.3 cm³/mol. The Morgan fingerprint density at radius 3 is 2.32 bits per heavy atom. The van der Waals surface area contributed by atoms with Crippen molar-refractivity contribution in [3.05, 3.63) is 58.0 Å². The number of benzene rings is 2. The van der Waals surface area contributed by atoms with E-state index < -0.39 is 11.1 Å². The van der Waals surface area contributed by atoms with Crippen LogP contribution in [-0.2, 0) is 4.79 Å². The highest BCUT2D eigenvalue weighted by Crippen LogP contribution is 2.31. The van der Waals surface area contributed by atoms with Gasteiger partial charge in [0.25, 0.3) is 11.1 Å². The SMILES string of the molecule is Cc1ccc(N=Nc2ccc(O)c(/C=C3\SC(=O)NC3=O)c2)cc1C. The summed E-state index contributed by atoms with van der Waals surface area (Å²) in [6.45, 7) is 4.03. The highest BCUT2D eigenvalue weighted by Gasteiger charge is 2.25. The number of phenols is 1. The molecule has 2 aromatic carbocycles. The van der Waals surface area contributed by atoms with E-state index in [1.54, 1.807) is 12.1 Å². The molecule has 0 aliphatic carbocycles. The highest BCUT2D eigenvalue weighted by molar-refractivity contribution is 8.18. The molecule has 126 valence electrons. The fraction of sp³-hybridized carbons (Fsp3) is 0.111. The number of amides is 2. The molecular weight excluding hydrogens is 338 g/mol. The number of aryl methyl sites for hydroxylation is 2. The smallest absolute Gasteiger partial charge is 0.290 e. The van der Waals surface area contributed by atoms with E-state index in [0.29, 0.717) is 11.3 Å². The van der Waals surface area contributed by atoms with Crippen LogP contribution in [0.5, 0.6) is 5.75 Å². The van der Waals surface area contributed by atoms with E-state index in [1.807, 2.05) is 32.0 Å². The van der Waals surface area contributed by atoms with Gasteiger partial charge in [0.15, 0.2) is 0 Å². The summed E-state index contributed by atoms with van der Waals surface area (Å²) in [5.74, 6) is -0.484. The Bertz CT molecular complexity index is 935. The molecule has 1 saturated heterocycles. The monoisotopic (exact) mass is 353 g/mol. The maximum Gasteiger partial charge on any atom is 0.290 e. The Kier molecular flexibility index (Phi) is 4.67. The summed E-state index contributed by atoms with van der Waals surface area (Å²) in [4.78, 5) is 23.0. The van der Waals surface area contributed by atoms with Gasteiger partial charge in [-0.2, -0.15) is 10.2 Å². The third-order valence-corrected chi connectivity index (χ3v) is 4.52. The number of carbonyl (C=O) groups is 2. The second-order valence-corrected chi connectivity index (χ2v) is 6.58. The Hall–Kier alpha value is -2.93. The molecule has 2 aromatic rings. The first-order valence-electron chi connectivity index (χ1n) is 7.49. The Morgan fingerprint density at radius 1 is 1.00 bits per heavy atom. The van der Waals surface area contributed by atoms with Gasteiger partial charge in [-0.05, 0) is 73.1 Å². The van der Waals surface area contributed by atoms with Crippen molar-refractivity contribution in [3.63, 3.8) is 0 Å². The lowest BCUT2D eigenvalue weighted by molar-refractivity contribution is -0.115. The molecule has 7 heteroatoms. The second kappa shape index (κ2) is 6.90. The number of hydrogen-bond donors (Lipinski definition) is 2. The van der Waals surface area contributed by atoms with Crippen molar-refractivity contribution in [1.82, 2.24) is 5.32 Å². The lowest BCUT2D eigenvalue weighted by Crippen LogP contribution is -2.17. The number of carbonyl (C=O) groups excluding carboxylic acids is 2. The van der Waals surface area contributed by atoms with Crippen LogP contribution < -0.4 is 5.32 Å². The molecule has 0 aromatic heterocycles. The van der Waals surface area contributed by atoms with E-state index in [1.165, 1.54) is 17.7 Å². The Morgan fingerprint density at radius 2 is 1.68 bits per heavy atom. The van der Waals surface area contributed by atoms with Crippen LogP contribution in [0.4, 0.5) is 16.2 Å². The average molecular weight is 353 g/mol. The predicted octanol–water partition coefficient (Wildman–Crippen LogP) is 4.75. The number of aromatic hydroxyl groups is 1. The molecule has 1 fully saturated rings. The lowest BCUT2D eigenvalue weighted by atomic mass is 10.1. The molecule has 3 rings (SSSR count). The zero-order chi connectivity index (χ0) is 18.0. The van der Waals surface area contributed by atoms with Crippen LogP contribution in [0.25, 0.3) is 6.08 Å². The summed E-state index contributed by atoms with van der Waals surface area (Å²) in [6, 6.07) is 10.5. The normalized spacial score (nSPS) is 16.0. The Balaban J connectivity index is 1.87. The maximum atomic E-state index is 11.6. The summed E-state index contributed by atoms with van der Waals surface area (Å²) in [5.41, 5.74) is 3.95. The second-order valence-electron chi connectivity index (χ2n) is 5.56. The molecule has 0 saturated carbocycles. The number of thioether (sulfide) groups is 1. The van der Waals surface area contributed by atoms with Crippen molar-refractivity contribution in [1.29, 1.82) is 0 Å². The number of rotatable bonds is 3. The quantitative estimate of drug-likeness (QED) is 0.615. The fourth-order valence-electron chi connectivity index (χ4n) is 2.19. The van der Waals surface area contributed by atoms with Crippen molar-refractivity contribution in [2.45, 2.75) is 13.8 Å². The minimum Gasteiger partial charge on any atom is -0.507 e. The number of phenolic OH excluding ortho intramolecular Hbond substituents is 1. The van der Waals surface area contributed by atoms with Crippen LogP contribution in [0.15, 0.2) is 51.5 Å². The first-order valence-corrected chi connectivity index (χ1v) is 8.31. The molecule has 0 bridgehead atoms. The topological polar surface area (TPSA) is 91.1 Å². The summed E-state index contributed by atoms with van der Waals surface area (Å²) in [6.07, 6.45) is 1.45. The van der Waals surface area contributed by atoms with Crippen molar-refractivity contribution in [2.75, 3.05) is 0 Å². The maximum absolute atomic E-state index is 11.6. The first kappa shape index (κ1) is 16.9. The highest BCUT2D eigenvalue weighted by atomic mass is 32.2. The third-order valence-electron chi connectivity index (χ3n) is 3.71. The molecule has 0 radical (unpaired) electrons. The van der Waals surface area contributed by atoms with E-state index in [-0.39, 0.29) is 10.7 Å². The van der Waals surface area contributed by atoms with Gasteiger partial charge in [-0.3, -0.25) is 14.9 Å². The fourth-order valence-corrected chi connectivity index (χ4v) is 2.86. The molecule has 1 aliphatic rings. The zero-order valence-corrected chi connectivity index (χ0v) is 14.4. The van der Waals surface area contributed by atoms with Gasteiger partial charge in [0.05, 0.1) is 16.3 Å².